The number of ether oxygens (including phenoxy) is 1. The fourth-order valence-electron chi connectivity index (χ4n) is 1.70. The van der Waals surface area contributed by atoms with Gasteiger partial charge in [-0.2, -0.15) is 0 Å². The monoisotopic (exact) mass is 288 g/mol. The van der Waals surface area contributed by atoms with Crippen LogP contribution in [-0.2, 0) is 4.79 Å². The molecule has 2 rings (SSSR count). The Balaban J connectivity index is 2.36. The third-order valence-electron chi connectivity index (χ3n) is 2.63. The summed E-state index contributed by atoms with van der Waals surface area (Å²) in [5.41, 5.74) is 1.70. The molecule has 0 amide bonds. The van der Waals surface area contributed by atoms with E-state index in [-0.39, 0.29) is 0 Å². The first kappa shape index (κ1) is 14.2. The van der Waals surface area contributed by atoms with Gasteiger partial charge in [-0.1, -0.05) is 35.4 Å². The van der Waals surface area contributed by atoms with Gasteiger partial charge in [0.1, 0.15) is 11.5 Å². The maximum absolute atomic E-state index is 10.6. The summed E-state index contributed by atoms with van der Waals surface area (Å²) in [7, 11) is 0. The Morgan fingerprint density at radius 1 is 1.20 bits per heavy atom. The summed E-state index contributed by atoms with van der Waals surface area (Å²) < 4.78 is 5.75. The highest BCUT2D eigenvalue weighted by Gasteiger charge is 2.06. The standard InChI is InChI=1S/C16H13ClO3/c1-11-6-8-14(12(10-11)7-9-16(18)19)20-15-5-3-2-4-13(15)17/h2-10H,1H3,(H,18,19)/b9-7+. The van der Waals surface area contributed by atoms with Crippen LogP contribution in [-0.4, -0.2) is 11.1 Å². The number of rotatable bonds is 4. The molecule has 3 nitrogen and oxygen atoms in total. The summed E-state index contributed by atoms with van der Waals surface area (Å²) in [6.07, 6.45) is 2.58. The van der Waals surface area contributed by atoms with Crippen LogP contribution < -0.4 is 4.74 Å². The van der Waals surface area contributed by atoms with Gasteiger partial charge in [-0.05, 0) is 37.3 Å². The highest BCUT2D eigenvalue weighted by atomic mass is 35.5. The molecule has 20 heavy (non-hydrogen) atoms. The smallest absolute Gasteiger partial charge is 0.328 e. The Kier molecular flexibility index (Phi) is 4.43. The summed E-state index contributed by atoms with van der Waals surface area (Å²) in [5.74, 6) is 0.0828. The van der Waals surface area contributed by atoms with Crippen molar-refractivity contribution in [2.24, 2.45) is 0 Å². The minimum atomic E-state index is -1.00. The van der Waals surface area contributed by atoms with Gasteiger partial charge in [-0.3, -0.25) is 0 Å². The average Bonchev–Trinajstić information content (AvgIpc) is 2.41. The van der Waals surface area contributed by atoms with E-state index in [0.717, 1.165) is 11.6 Å². The van der Waals surface area contributed by atoms with Gasteiger partial charge in [-0.25, -0.2) is 4.79 Å². The van der Waals surface area contributed by atoms with Crippen LogP contribution in [0.2, 0.25) is 5.02 Å². The summed E-state index contributed by atoms with van der Waals surface area (Å²) in [5, 5.41) is 9.22. The summed E-state index contributed by atoms with van der Waals surface area (Å²) in [4.78, 5) is 10.6. The van der Waals surface area contributed by atoms with E-state index in [4.69, 9.17) is 21.4 Å². The molecule has 0 aromatic heterocycles. The van der Waals surface area contributed by atoms with Gasteiger partial charge in [0.05, 0.1) is 5.02 Å². The van der Waals surface area contributed by atoms with E-state index in [2.05, 4.69) is 0 Å². The highest BCUT2D eigenvalue weighted by molar-refractivity contribution is 6.32. The van der Waals surface area contributed by atoms with Crippen LogP contribution in [0.15, 0.2) is 48.5 Å². The van der Waals surface area contributed by atoms with Crippen molar-refractivity contribution in [2.45, 2.75) is 6.92 Å². The van der Waals surface area contributed by atoms with Gasteiger partial charge in [0.15, 0.2) is 0 Å². The lowest BCUT2D eigenvalue weighted by atomic mass is 10.1. The van der Waals surface area contributed by atoms with Crippen molar-refractivity contribution in [3.05, 3.63) is 64.7 Å². The van der Waals surface area contributed by atoms with Crippen molar-refractivity contribution in [2.75, 3.05) is 0 Å². The van der Waals surface area contributed by atoms with Crippen LogP contribution >= 0.6 is 11.6 Å². The summed E-state index contributed by atoms with van der Waals surface area (Å²) >= 11 is 6.05. The molecule has 0 saturated heterocycles. The van der Waals surface area contributed by atoms with E-state index < -0.39 is 5.97 Å². The SMILES string of the molecule is Cc1ccc(Oc2ccccc2Cl)c(/C=C/C(=O)O)c1. The zero-order valence-corrected chi connectivity index (χ0v) is 11.6. The molecule has 1 N–H and O–H groups in total. The largest absolute Gasteiger partial charge is 0.478 e. The zero-order valence-electron chi connectivity index (χ0n) is 10.8. The minimum absolute atomic E-state index is 0.501. The number of para-hydroxylation sites is 1. The number of hydrogen-bond donors (Lipinski definition) is 1. The lowest BCUT2D eigenvalue weighted by Crippen LogP contribution is -1.91. The summed E-state index contributed by atoms with van der Waals surface area (Å²) in [6, 6.07) is 12.7. The molecule has 0 radical (unpaired) electrons. The Bertz CT molecular complexity index is 663. The van der Waals surface area contributed by atoms with Crippen LogP contribution in [0.3, 0.4) is 0 Å². The Hall–Kier alpha value is -2.26. The van der Waals surface area contributed by atoms with Gasteiger partial charge < -0.3 is 9.84 Å². The first-order chi connectivity index (χ1) is 9.56. The normalized spacial score (nSPS) is 10.7. The Morgan fingerprint density at radius 2 is 1.95 bits per heavy atom. The predicted molar refractivity (Wildman–Crippen MR) is 79.4 cm³/mol. The molecule has 0 atom stereocenters. The molecule has 0 heterocycles. The maximum Gasteiger partial charge on any atom is 0.328 e. The van der Waals surface area contributed by atoms with Gasteiger partial charge >= 0.3 is 5.97 Å². The molecule has 4 heteroatoms. The van der Waals surface area contributed by atoms with Gasteiger partial charge in [0.25, 0.3) is 0 Å². The minimum Gasteiger partial charge on any atom is -0.478 e. The number of halogens is 1. The van der Waals surface area contributed by atoms with Crippen molar-refractivity contribution in [3.63, 3.8) is 0 Å². The first-order valence-electron chi connectivity index (χ1n) is 6.00. The van der Waals surface area contributed by atoms with Crippen LogP contribution in [0, 0.1) is 6.92 Å². The molecule has 0 fully saturated rings. The molecule has 102 valence electrons. The second-order valence-electron chi connectivity index (χ2n) is 4.25. The Morgan fingerprint density at radius 3 is 2.65 bits per heavy atom. The molecule has 0 unspecified atom stereocenters. The third-order valence-corrected chi connectivity index (χ3v) is 2.94. The summed E-state index contributed by atoms with van der Waals surface area (Å²) in [6.45, 7) is 1.93. The van der Waals surface area contributed by atoms with E-state index >= 15 is 0 Å². The van der Waals surface area contributed by atoms with Crippen LogP contribution in [0.1, 0.15) is 11.1 Å². The lowest BCUT2D eigenvalue weighted by Gasteiger charge is -2.10. The molecule has 2 aromatic carbocycles. The van der Waals surface area contributed by atoms with E-state index in [1.807, 2.05) is 31.2 Å². The molecule has 0 spiro atoms. The molecule has 0 saturated carbocycles. The number of hydrogen-bond acceptors (Lipinski definition) is 2. The lowest BCUT2D eigenvalue weighted by molar-refractivity contribution is -0.131. The fourth-order valence-corrected chi connectivity index (χ4v) is 1.87. The zero-order chi connectivity index (χ0) is 14.5. The van der Waals surface area contributed by atoms with Gasteiger partial charge in [-0.15, -0.1) is 0 Å². The number of aliphatic carboxylic acids is 1. The highest BCUT2D eigenvalue weighted by Crippen LogP contribution is 2.31. The maximum atomic E-state index is 10.6. The average molecular weight is 289 g/mol. The van der Waals surface area contributed by atoms with Crippen LogP contribution in [0.4, 0.5) is 0 Å². The molecule has 0 aliphatic heterocycles. The molecular formula is C16H13ClO3. The molecular weight excluding hydrogens is 276 g/mol. The van der Waals surface area contributed by atoms with Crippen molar-refractivity contribution in [1.29, 1.82) is 0 Å². The number of aryl methyl sites for hydroxylation is 1. The van der Waals surface area contributed by atoms with Crippen LogP contribution in [0.5, 0.6) is 11.5 Å². The van der Waals surface area contributed by atoms with Crippen molar-refractivity contribution < 1.29 is 14.6 Å². The van der Waals surface area contributed by atoms with Crippen LogP contribution in [0.25, 0.3) is 6.08 Å². The number of carboxylic acids is 1. The number of benzene rings is 2. The quantitative estimate of drug-likeness (QED) is 0.840. The topological polar surface area (TPSA) is 46.5 Å². The molecule has 0 aliphatic rings. The van der Waals surface area contributed by atoms with Crippen molar-refractivity contribution >= 4 is 23.6 Å². The van der Waals surface area contributed by atoms with Crippen molar-refractivity contribution in [1.82, 2.24) is 0 Å². The van der Waals surface area contributed by atoms with E-state index in [9.17, 15) is 4.79 Å². The molecule has 2 aromatic rings. The Labute approximate surface area is 122 Å². The van der Waals surface area contributed by atoms with Crippen molar-refractivity contribution in [3.8, 4) is 11.5 Å². The molecule has 0 aliphatic carbocycles. The number of carbonyl (C=O) groups is 1. The predicted octanol–water partition coefficient (Wildman–Crippen LogP) is 4.54. The first-order valence-corrected chi connectivity index (χ1v) is 6.38. The van der Waals surface area contributed by atoms with E-state index in [1.165, 1.54) is 6.08 Å². The van der Waals surface area contributed by atoms with E-state index in [1.54, 1.807) is 18.2 Å². The van der Waals surface area contributed by atoms with Gasteiger partial charge in [0.2, 0.25) is 0 Å². The van der Waals surface area contributed by atoms with Gasteiger partial charge in [0, 0.05) is 11.6 Å². The fraction of sp³-hybridized carbons (Fsp3) is 0.0625. The third kappa shape index (κ3) is 3.62. The molecule has 0 bridgehead atoms. The number of carboxylic acid groups (broad SMARTS) is 1. The second kappa shape index (κ2) is 6.26. The van der Waals surface area contributed by atoms with E-state index in [0.29, 0.717) is 22.1 Å². The second-order valence-corrected chi connectivity index (χ2v) is 4.65.